The summed E-state index contributed by atoms with van der Waals surface area (Å²) in [6.45, 7) is 3.87. The first-order valence-corrected chi connectivity index (χ1v) is 13.7. The molecule has 0 unspecified atom stereocenters. The van der Waals surface area contributed by atoms with E-state index in [2.05, 4.69) is 18.2 Å². The molecule has 0 atom stereocenters. The fourth-order valence-electron chi connectivity index (χ4n) is 4.74. The molecular weight excluding hydrogens is 500 g/mol. The lowest BCUT2D eigenvalue weighted by molar-refractivity contribution is -0.136. The van der Waals surface area contributed by atoms with Crippen molar-refractivity contribution in [2.45, 2.75) is 32.8 Å². The van der Waals surface area contributed by atoms with Gasteiger partial charge in [-0.2, -0.15) is 0 Å². The number of likely N-dealkylation sites (tertiary alicyclic amines) is 1. The van der Waals surface area contributed by atoms with Gasteiger partial charge in [-0.3, -0.25) is 19.3 Å². The molecule has 8 heteroatoms. The lowest BCUT2D eigenvalue weighted by Gasteiger charge is -2.27. The summed E-state index contributed by atoms with van der Waals surface area (Å²) in [5.41, 5.74) is 1.78. The third-order valence-electron chi connectivity index (χ3n) is 6.70. The molecule has 2 fully saturated rings. The molecule has 2 aliphatic heterocycles. The predicted molar refractivity (Wildman–Crippen MR) is 149 cm³/mol. The van der Waals surface area contributed by atoms with Crippen molar-refractivity contribution in [2.24, 2.45) is 0 Å². The largest absolute Gasteiger partial charge is 0.490 e. The second-order valence-corrected chi connectivity index (χ2v) is 10.3. The number of nitrogens with zero attached hydrogens (tertiary/aromatic N) is 2. The second kappa shape index (κ2) is 11.7. The van der Waals surface area contributed by atoms with Gasteiger partial charge in [0.25, 0.3) is 11.1 Å². The monoisotopic (exact) mass is 530 g/mol. The van der Waals surface area contributed by atoms with E-state index >= 15 is 0 Å². The number of amides is 3. The summed E-state index contributed by atoms with van der Waals surface area (Å²) in [7, 11) is 0. The van der Waals surface area contributed by atoms with Crippen LogP contribution in [0.2, 0.25) is 0 Å². The smallest absolute Gasteiger partial charge is 0.294 e. The molecule has 0 bridgehead atoms. The molecule has 0 N–H and O–H groups in total. The third-order valence-corrected chi connectivity index (χ3v) is 7.61. The molecule has 7 nitrogen and oxygen atoms in total. The van der Waals surface area contributed by atoms with Crippen LogP contribution in [0, 0.1) is 0 Å². The van der Waals surface area contributed by atoms with Crippen LogP contribution in [0.4, 0.5) is 4.79 Å². The zero-order valence-corrected chi connectivity index (χ0v) is 22.2. The van der Waals surface area contributed by atoms with Gasteiger partial charge in [-0.25, -0.2) is 0 Å². The summed E-state index contributed by atoms with van der Waals surface area (Å²) in [5.74, 6) is 0.525. The highest BCUT2D eigenvalue weighted by molar-refractivity contribution is 8.18. The van der Waals surface area contributed by atoms with Crippen molar-refractivity contribution in [3.05, 3.63) is 76.7 Å². The minimum Gasteiger partial charge on any atom is -0.490 e. The number of ether oxygens (including phenoxy) is 2. The third kappa shape index (κ3) is 5.70. The van der Waals surface area contributed by atoms with E-state index in [9.17, 15) is 14.4 Å². The molecular formula is C30H30N2O5S. The number of rotatable bonds is 8. The summed E-state index contributed by atoms with van der Waals surface area (Å²) in [5, 5.41) is 1.87. The van der Waals surface area contributed by atoms with E-state index in [4.69, 9.17) is 9.47 Å². The molecule has 2 aliphatic rings. The van der Waals surface area contributed by atoms with Crippen molar-refractivity contribution < 1.29 is 23.9 Å². The Morgan fingerprint density at radius 2 is 1.74 bits per heavy atom. The predicted octanol–water partition coefficient (Wildman–Crippen LogP) is 5.87. The lowest BCUT2D eigenvalue weighted by Crippen LogP contribution is -2.44. The van der Waals surface area contributed by atoms with Crippen LogP contribution in [-0.2, 0) is 16.2 Å². The first kappa shape index (κ1) is 25.9. The first-order chi connectivity index (χ1) is 18.5. The average molecular weight is 531 g/mol. The van der Waals surface area contributed by atoms with Gasteiger partial charge in [-0.1, -0.05) is 48.5 Å². The van der Waals surface area contributed by atoms with E-state index in [1.165, 1.54) is 0 Å². The maximum atomic E-state index is 13.0. The van der Waals surface area contributed by atoms with Crippen LogP contribution in [0.25, 0.3) is 16.8 Å². The normalized spacial score (nSPS) is 16.9. The van der Waals surface area contributed by atoms with Crippen molar-refractivity contribution >= 4 is 45.7 Å². The molecule has 38 heavy (non-hydrogen) atoms. The van der Waals surface area contributed by atoms with E-state index in [1.54, 1.807) is 17.0 Å². The number of fused-ring (bicyclic) bond motifs is 1. The molecule has 3 aromatic rings. The Labute approximate surface area is 226 Å². The Kier molecular flexibility index (Phi) is 7.98. The first-order valence-electron chi connectivity index (χ1n) is 12.9. The number of benzene rings is 3. The van der Waals surface area contributed by atoms with Gasteiger partial charge in [0.1, 0.15) is 13.2 Å². The zero-order chi connectivity index (χ0) is 26.5. The number of imide groups is 1. The van der Waals surface area contributed by atoms with E-state index in [0.717, 1.165) is 52.3 Å². The highest BCUT2D eigenvalue weighted by Crippen LogP contribution is 2.35. The molecule has 2 heterocycles. The van der Waals surface area contributed by atoms with Crippen molar-refractivity contribution in [2.75, 3.05) is 26.2 Å². The van der Waals surface area contributed by atoms with Gasteiger partial charge in [-0.05, 0) is 78.1 Å². The summed E-state index contributed by atoms with van der Waals surface area (Å²) in [6.07, 6.45) is 4.67. The summed E-state index contributed by atoms with van der Waals surface area (Å²) < 4.78 is 12.0. The number of hydrogen-bond acceptors (Lipinski definition) is 6. The van der Waals surface area contributed by atoms with Gasteiger partial charge in [0, 0.05) is 13.1 Å². The number of carbonyl (C=O) groups is 3. The Bertz CT molecular complexity index is 1390. The van der Waals surface area contributed by atoms with Gasteiger partial charge in [0.05, 0.1) is 11.5 Å². The van der Waals surface area contributed by atoms with E-state index in [-0.39, 0.29) is 17.4 Å². The maximum Gasteiger partial charge on any atom is 0.294 e. The molecule has 3 aromatic carbocycles. The molecule has 0 spiro atoms. The van der Waals surface area contributed by atoms with E-state index in [0.29, 0.717) is 43.4 Å². The van der Waals surface area contributed by atoms with Crippen molar-refractivity contribution in [3.63, 3.8) is 0 Å². The Balaban J connectivity index is 1.30. The molecule has 5 rings (SSSR count). The lowest BCUT2D eigenvalue weighted by atomic mass is 10.1. The Morgan fingerprint density at radius 1 is 0.947 bits per heavy atom. The molecule has 0 aromatic heterocycles. The van der Waals surface area contributed by atoms with Gasteiger partial charge in [0.2, 0.25) is 5.91 Å². The van der Waals surface area contributed by atoms with E-state index in [1.807, 2.05) is 43.3 Å². The van der Waals surface area contributed by atoms with Crippen LogP contribution in [0.15, 0.2) is 65.6 Å². The van der Waals surface area contributed by atoms with Crippen LogP contribution in [-0.4, -0.2) is 53.1 Å². The second-order valence-electron chi connectivity index (χ2n) is 9.28. The zero-order valence-electron chi connectivity index (χ0n) is 21.4. The number of piperidine rings is 1. The van der Waals surface area contributed by atoms with Gasteiger partial charge in [-0.15, -0.1) is 0 Å². The quantitative estimate of drug-likeness (QED) is 0.339. The van der Waals surface area contributed by atoms with Gasteiger partial charge < -0.3 is 14.4 Å². The summed E-state index contributed by atoms with van der Waals surface area (Å²) in [6, 6.07) is 19.7. The number of hydrogen-bond donors (Lipinski definition) is 0. The van der Waals surface area contributed by atoms with Crippen LogP contribution in [0.5, 0.6) is 11.5 Å². The van der Waals surface area contributed by atoms with Crippen LogP contribution in [0.3, 0.4) is 0 Å². The highest BCUT2D eigenvalue weighted by atomic mass is 32.2. The van der Waals surface area contributed by atoms with Crippen molar-refractivity contribution in [1.29, 1.82) is 0 Å². The fraction of sp³-hybridized carbons (Fsp3) is 0.300. The molecule has 196 valence electrons. The van der Waals surface area contributed by atoms with Crippen LogP contribution < -0.4 is 9.47 Å². The summed E-state index contributed by atoms with van der Waals surface area (Å²) in [4.78, 5) is 41.2. The number of carbonyl (C=O) groups excluding carboxylic acids is 3. The van der Waals surface area contributed by atoms with E-state index < -0.39 is 11.1 Å². The van der Waals surface area contributed by atoms with Crippen LogP contribution in [0.1, 0.15) is 37.3 Å². The minimum absolute atomic E-state index is 0.181. The average Bonchev–Trinajstić information content (AvgIpc) is 3.20. The Hall–Kier alpha value is -3.78. The van der Waals surface area contributed by atoms with Crippen molar-refractivity contribution in [3.8, 4) is 11.5 Å². The Morgan fingerprint density at radius 3 is 2.55 bits per heavy atom. The summed E-state index contributed by atoms with van der Waals surface area (Å²) >= 11 is 0.853. The SMILES string of the molecule is CCOc1cc(/C=C2/SC(=O)N(CC(=O)N3CCCCC3)C2=O)ccc1OCc1cccc2ccccc12. The molecule has 3 amide bonds. The van der Waals surface area contributed by atoms with Crippen LogP contribution >= 0.6 is 11.8 Å². The van der Waals surface area contributed by atoms with Crippen molar-refractivity contribution in [1.82, 2.24) is 9.80 Å². The van der Waals surface area contributed by atoms with Gasteiger partial charge >= 0.3 is 0 Å². The number of thioether (sulfide) groups is 1. The highest BCUT2D eigenvalue weighted by Gasteiger charge is 2.37. The topological polar surface area (TPSA) is 76.2 Å². The minimum atomic E-state index is -0.445. The van der Waals surface area contributed by atoms with Gasteiger partial charge in [0.15, 0.2) is 11.5 Å². The maximum absolute atomic E-state index is 13.0. The molecule has 0 aliphatic carbocycles. The standard InChI is InChI=1S/C30H30N2O5S/c1-2-36-26-17-21(13-14-25(26)37-20-23-11-8-10-22-9-4-5-12-24(22)23)18-27-29(34)32(30(35)38-27)19-28(33)31-15-6-3-7-16-31/h4-5,8-14,17-18H,2-3,6-7,15-16,19-20H2,1H3/b27-18+. The fourth-order valence-corrected chi connectivity index (χ4v) is 5.58. The molecule has 0 radical (unpaired) electrons. The molecule has 2 saturated heterocycles. The molecule has 0 saturated carbocycles.